The van der Waals surface area contributed by atoms with E-state index in [1.807, 2.05) is 0 Å². The van der Waals surface area contributed by atoms with Crippen LogP contribution in [0.3, 0.4) is 0 Å². The lowest BCUT2D eigenvalue weighted by molar-refractivity contribution is 0.0600. The first kappa shape index (κ1) is 15.4. The average molecular weight is 323 g/mol. The summed E-state index contributed by atoms with van der Waals surface area (Å²) in [6.45, 7) is 0. The van der Waals surface area contributed by atoms with E-state index in [9.17, 15) is 14.4 Å². The Balaban J connectivity index is 1.90. The van der Waals surface area contributed by atoms with E-state index in [4.69, 9.17) is 0 Å². The molecule has 0 spiro atoms. The number of amides is 1. The van der Waals surface area contributed by atoms with Crippen LogP contribution < -0.4 is 11.0 Å². The molecule has 2 N–H and O–H groups in total. The summed E-state index contributed by atoms with van der Waals surface area (Å²) in [4.78, 5) is 41.8. The van der Waals surface area contributed by atoms with Gasteiger partial charge in [-0.15, -0.1) is 0 Å². The minimum Gasteiger partial charge on any atom is -0.465 e. The van der Waals surface area contributed by atoms with Crippen molar-refractivity contribution in [1.29, 1.82) is 0 Å². The van der Waals surface area contributed by atoms with E-state index in [2.05, 4.69) is 20.0 Å². The Bertz CT molecular complexity index is 977. The minimum absolute atomic E-state index is 0.0337. The van der Waals surface area contributed by atoms with Crippen molar-refractivity contribution in [3.63, 3.8) is 0 Å². The molecule has 0 aliphatic rings. The number of carbonyl (C=O) groups excluding carboxylic acids is 2. The molecule has 0 bridgehead atoms. The van der Waals surface area contributed by atoms with Gasteiger partial charge in [0.1, 0.15) is 5.69 Å². The van der Waals surface area contributed by atoms with Gasteiger partial charge in [0.2, 0.25) is 0 Å². The molecular formula is C17H13N3O4. The largest absolute Gasteiger partial charge is 0.465 e. The molecule has 7 nitrogen and oxygen atoms in total. The van der Waals surface area contributed by atoms with Crippen LogP contribution in [0, 0.1) is 0 Å². The fraction of sp³-hybridized carbons (Fsp3) is 0.0588. The summed E-state index contributed by atoms with van der Waals surface area (Å²) in [6, 6.07) is 13.1. The van der Waals surface area contributed by atoms with Crippen molar-refractivity contribution in [2.45, 2.75) is 0 Å². The summed E-state index contributed by atoms with van der Waals surface area (Å²) in [6.07, 6.45) is 0. The SMILES string of the molecule is COC(=O)c1ccc(NC(=O)c2nc(=O)[nH]c3ccccc23)cc1. The highest BCUT2D eigenvalue weighted by Gasteiger charge is 2.14. The fourth-order valence-electron chi connectivity index (χ4n) is 2.27. The normalized spacial score (nSPS) is 10.4. The van der Waals surface area contributed by atoms with Crippen molar-refractivity contribution in [2.24, 2.45) is 0 Å². The highest BCUT2D eigenvalue weighted by Crippen LogP contribution is 2.16. The molecule has 0 unspecified atom stereocenters. The summed E-state index contributed by atoms with van der Waals surface area (Å²) in [5, 5.41) is 3.20. The van der Waals surface area contributed by atoms with Gasteiger partial charge < -0.3 is 15.0 Å². The van der Waals surface area contributed by atoms with Gasteiger partial charge in [0, 0.05) is 11.1 Å². The Morgan fingerprint density at radius 3 is 2.50 bits per heavy atom. The number of ether oxygens (including phenoxy) is 1. The number of aromatic amines is 1. The molecule has 0 saturated heterocycles. The topological polar surface area (TPSA) is 101 Å². The predicted octanol–water partition coefficient (Wildman–Crippen LogP) is 1.96. The lowest BCUT2D eigenvalue weighted by Gasteiger charge is -2.07. The smallest absolute Gasteiger partial charge is 0.346 e. The van der Waals surface area contributed by atoms with Crippen molar-refractivity contribution >= 4 is 28.5 Å². The van der Waals surface area contributed by atoms with Gasteiger partial charge in [-0.25, -0.2) is 9.59 Å². The molecule has 0 aliphatic heterocycles. The number of benzene rings is 2. The van der Waals surface area contributed by atoms with Crippen LogP contribution in [-0.2, 0) is 4.74 Å². The van der Waals surface area contributed by atoms with Crippen LogP contribution in [0.1, 0.15) is 20.8 Å². The van der Waals surface area contributed by atoms with Crippen LogP contribution in [0.15, 0.2) is 53.3 Å². The molecule has 2 aromatic carbocycles. The monoisotopic (exact) mass is 323 g/mol. The van der Waals surface area contributed by atoms with Gasteiger partial charge in [0.05, 0.1) is 18.2 Å². The molecule has 120 valence electrons. The molecule has 24 heavy (non-hydrogen) atoms. The molecule has 0 radical (unpaired) electrons. The minimum atomic E-state index is -0.597. The van der Waals surface area contributed by atoms with Crippen LogP contribution in [0.25, 0.3) is 10.9 Å². The van der Waals surface area contributed by atoms with Gasteiger partial charge in [-0.1, -0.05) is 18.2 Å². The fourth-order valence-corrected chi connectivity index (χ4v) is 2.27. The van der Waals surface area contributed by atoms with Crippen LogP contribution in [0.2, 0.25) is 0 Å². The number of rotatable bonds is 3. The van der Waals surface area contributed by atoms with Gasteiger partial charge in [-0.3, -0.25) is 4.79 Å². The number of nitrogens with one attached hydrogen (secondary N) is 2. The third-order valence-electron chi connectivity index (χ3n) is 3.42. The Morgan fingerprint density at radius 1 is 1.08 bits per heavy atom. The second-order valence-electron chi connectivity index (χ2n) is 4.96. The van der Waals surface area contributed by atoms with Crippen molar-refractivity contribution in [3.05, 3.63) is 70.3 Å². The van der Waals surface area contributed by atoms with E-state index in [-0.39, 0.29) is 5.69 Å². The molecule has 0 atom stereocenters. The lowest BCUT2D eigenvalue weighted by atomic mass is 10.1. The number of aromatic nitrogens is 2. The van der Waals surface area contributed by atoms with Gasteiger partial charge in [0.15, 0.2) is 0 Å². The first-order chi connectivity index (χ1) is 11.6. The first-order valence-electron chi connectivity index (χ1n) is 7.07. The highest BCUT2D eigenvalue weighted by atomic mass is 16.5. The quantitative estimate of drug-likeness (QED) is 0.718. The van der Waals surface area contributed by atoms with Gasteiger partial charge in [-0.2, -0.15) is 4.98 Å². The van der Waals surface area contributed by atoms with Crippen molar-refractivity contribution in [3.8, 4) is 0 Å². The maximum Gasteiger partial charge on any atom is 0.346 e. The third-order valence-corrected chi connectivity index (χ3v) is 3.42. The maximum absolute atomic E-state index is 12.4. The van der Waals surface area contributed by atoms with Gasteiger partial charge in [-0.05, 0) is 30.3 Å². The van der Waals surface area contributed by atoms with Crippen molar-refractivity contribution in [1.82, 2.24) is 9.97 Å². The number of hydrogen-bond acceptors (Lipinski definition) is 5. The van der Waals surface area contributed by atoms with E-state index >= 15 is 0 Å². The molecule has 0 fully saturated rings. The molecule has 3 aromatic rings. The summed E-state index contributed by atoms with van der Waals surface area (Å²) in [5.41, 5.74) is 0.809. The highest BCUT2D eigenvalue weighted by molar-refractivity contribution is 6.10. The molecule has 3 rings (SSSR count). The Morgan fingerprint density at radius 2 is 1.79 bits per heavy atom. The molecule has 1 aromatic heterocycles. The zero-order valence-corrected chi connectivity index (χ0v) is 12.7. The van der Waals surface area contributed by atoms with Gasteiger partial charge >= 0.3 is 11.7 Å². The van der Waals surface area contributed by atoms with Crippen LogP contribution in [0.4, 0.5) is 5.69 Å². The molecular weight excluding hydrogens is 310 g/mol. The van der Waals surface area contributed by atoms with Crippen LogP contribution >= 0.6 is 0 Å². The predicted molar refractivity (Wildman–Crippen MR) is 88.1 cm³/mol. The van der Waals surface area contributed by atoms with E-state index in [0.29, 0.717) is 22.2 Å². The number of H-pyrrole nitrogens is 1. The van der Waals surface area contributed by atoms with Crippen molar-refractivity contribution in [2.75, 3.05) is 12.4 Å². The second-order valence-corrected chi connectivity index (χ2v) is 4.96. The number of fused-ring (bicyclic) bond motifs is 1. The standard InChI is InChI=1S/C17H13N3O4/c1-24-16(22)10-6-8-11(9-7-10)18-15(21)14-12-4-2-3-5-13(12)19-17(23)20-14/h2-9H,1H3,(H,18,21)(H,19,20,23). The Kier molecular flexibility index (Phi) is 4.07. The molecule has 7 heteroatoms. The Hall–Kier alpha value is -3.48. The van der Waals surface area contributed by atoms with Gasteiger partial charge in [0.25, 0.3) is 5.91 Å². The van der Waals surface area contributed by atoms with Crippen molar-refractivity contribution < 1.29 is 14.3 Å². The number of nitrogens with zero attached hydrogens (tertiary/aromatic N) is 1. The molecule has 0 aliphatic carbocycles. The Labute approximate surface area is 136 Å². The number of esters is 1. The van der Waals surface area contributed by atoms with Crippen LogP contribution in [0.5, 0.6) is 0 Å². The average Bonchev–Trinajstić information content (AvgIpc) is 2.60. The summed E-state index contributed by atoms with van der Waals surface area (Å²) in [7, 11) is 1.29. The van der Waals surface area contributed by atoms with E-state index < -0.39 is 17.6 Å². The number of hydrogen-bond donors (Lipinski definition) is 2. The number of carbonyl (C=O) groups is 2. The second kappa shape index (κ2) is 6.33. The van der Waals surface area contributed by atoms with E-state index in [0.717, 1.165) is 0 Å². The molecule has 1 heterocycles. The third kappa shape index (κ3) is 3.00. The molecule has 1 amide bonds. The van der Waals surface area contributed by atoms with E-state index in [1.165, 1.54) is 19.2 Å². The first-order valence-corrected chi connectivity index (χ1v) is 7.07. The summed E-state index contributed by atoms with van der Waals surface area (Å²) in [5.74, 6) is -0.974. The maximum atomic E-state index is 12.4. The lowest BCUT2D eigenvalue weighted by Crippen LogP contribution is -2.21. The zero-order chi connectivity index (χ0) is 17.1. The number of anilines is 1. The summed E-state index contributed by atoms with van der Waals surface area (Å²) < 4.78 is 4.61. The number of methoxy groups -OCH3 is 1. The zero-order valence-electron chi connectivity index (χ0n) is 12.7. The summed E-state index contributed by atoms with van der Waals surface area (Å²) >= 11 is 0. The number of para-hydroxylation sites is 1. The molecule has 0 saturated carbocycles. The van der Waals surface area contributed by atoms with Crippen LogP contribution in [-0.4, -0.2) is 29.0 Å². The van der Waals surface area contributed by atoms with E-state index in [1.54, 1.807) is 36.4 Å².